The lowest BCUT2D eigenvalue weighted by molar-refractivity contribution is 0.0167. The zero-order chi connectivity index (χ0) is 13.7. The van der Waals surface area contributed by atoms with Crippen LogP contribution in [0.3, 0.4) is 0 Å². The second-order valence-electron chi connectivity index (χ2n) is 3.51. The third kappa shape index (κ3) is 4.85. The molecule has 0 fully saturated rings. The standard InChI is InChI=1S/C11H10Br2F4O/c12-7(1-2-18-5-11(16)17)6-3-10(15)8(13)4-9(6)14/h3-4,7,11H,1-2,5H2. The molecule has 1 atom stereocenters. The van der Waals surface area contributed by atoms with Crippen LogP contribution >= 0.6 is 31.9 Å². The maximum absolute atomic E-state index is 13.5. The minimum Gasteiger partial charge on any atom is -0.375 e. The number of rotatable bonds is 6. The van der Waals surface area contributed by atoms with Crippen molar-refractivity contribution in [3.8, 4) is 0 Å². The van der Waals surface area contributed by atoms with E-state index in [1.807, 2.05) is 0 Å². The zero-order valence-electron chi connectivity index (χ0n) is 9.11. The highest BCUT2D eigenvalue weighted by molar-refractivity contribution is 9.10. The first-order chi connectivity index (χ1) is 8.41. The molecule has 0 N–H and O–H groups in total. The summed E-state index contributed by atoms with van der Waals surface area (Å²) >= 11 is 6.04. The van der Waals surface area contributed by atoms with Crippen molar-refractivity contribution in [3.05, 3.63) is 33.8 Å². The molecular formula is C11H10Br2F4O. The Balaban J connectivity index is 2.56. The molecule has 1 unspecified atom stereocenters. The molecule has 102 valence electrons. The van der Waals surface area contributed by atoms with Crippen LogP contribution in [0.4, 0.5) is 17.6 Å². The number of benzene rings is 1. The number of halogens is 6. The number of alkyl halides is 3. The Morgan fingerprint density at radius 2 is 1.83 bits per heavy atom. The molecule has 0 aliphatic rings. The largest absolute Gasteiger partial charge is 0.375 e. The quantitative estimate of drug-likeness (QED) is 0.291. The number of ether oxygens (including phenoxy) is 1. The van der Waals surface area contributed by atoms with Crippen molar-refractivity contribution in [1.82, 2.24) is 0 Å². The molecule has 0 aromatic heterocycles. The lowest BCUT2D eigenvalue weighted by Crippen LogP contribution is -2.07. The van der Waals surface area contributed by atoms with Gasteiger partial charge < -0.3 is 4.74 Å². The van der Waals surface area contributed by atoms with E-state index in [-0.39, 0.29) is 23.1 Å². The number of hydrogen-bond acceptors (Lipinski definition) is 1. The zero-order valence-corrected chi connectivity index (χ0v) is 12.3. The molecule has 0 saturated heterocycles. The molecule has 1 aromatic carbocycles. The normalized spacial score (nSPS) is 13.1. The fourth-order valence-corrected chi connectivity index (χ4v) is 2.15. The predicted octanol–water partition coefficient (Wildman–Crippen LogP) is 4.84. The number of hydrogen-bond donors (Lipinski definition) is 0. The average molecular weight is 394 g/mol. The van der Waals surface area contributed by atoms with Crippen LogP contribution in [0.5, 0.6) is 0 Å². The van der Waals surface area contributed by atoms with E-state index in [1.165, 1.54) is 0 Å². The first kappa shape index (κ1) is 15.9. The van der Waals surface area contributed by atoms with Crippen LogP contribution in [0.1, 0.15) is 16.8 Å². The minimum atomic E-state index is -2.53. The van der Waals surface area contributed by atoms with E-state index in [1.54, 1.807) is 0 Å². The van der Waals surface area contributed by atoms with Gasteiger partial charge in [0.15, 0.2) is 0 Å². The summed E-state index contributed by atoms with van der Waals surface area (Å²) in [5, 5.41) is 0. The molecule has 0 bridgehead atoms. The predicted molar refractivity (Wildman–Crippen MR) is 67.2 cm³/mol. The minimum absolute atomic E-state index is 0.0391. The van der Waals surface area contributed by atoms with Gasteiger partial charge in [-0.15, -0.1) is 0 Å². The Labute approximate surface area is 119 Å². The average Bonchev–Trinajstić information content (AvgIpc) is 2.28. The second kappa shape index (κ2) is 7.45. The van der Waals surface area contributed by atoms with E-state index in [4.69, 9.17) is 0 Å². The summed E-state index contributed by atoms with van der Waals surface area (Å²) in [5.74, 6) is -1.15. The molecule has 1 nitrogen and oxygen atoms in total. The molecule has 1 rings (SSSR count). The molecule has 7 heteroatoms. The first-order valence-electron chi connectivity index (χ1n) is 5.06. The molecule has 0 spiro atoms. The highest BCUT2D eigenvalue weighted by Crippen LogP contribution is 2.31. The lowest BCUT2D eigenvalue weighted by Gasteiger charge is -2.12. The van der Waals surface area contributed by atoms with Crippen LogP contribution in [0.25, 0.3) is 0 Å². The van der Waals surface area contributed by atoms with Gasteiger partial charge in [-0.25, -0.2) is 17.6 Å². The smallest absolute Gasteiger partial charge is 0.261 e. The summed E-state index contributed by atoms with van der Waals surface area (Å²) in [6.45, 7) is -0.617. The van der Waals surface area contributed by atoms with Gasteiger partial charge in [-0.1, -0.05) is 15.9 Å². The van der Waals surface area contributed by atoms with Crippen molar-refractivity contribution in [2.75, 3.05) is 13.2 Å². The maximum atomic E-state index is 13.5. The van der Waals surface area contributed by atoms with Crippen molar-refractivity contribution in [2.45, 2.75) is 17.7 Å². The van der Waals surface area contributed by atoms with Gasteiger partial charge >= 0.3 is 0 Å². The van der Waals surface area contributed by atoms with Crippen molar-refractivity contribution in [3.63, 3.8) is 0 Å². The molecule has 0 amide bonds. The highest BCUT2D eigenvalue weighted by atomic mass is 79.9. The van der Waals surface area contributed by atoms with Crippen LogP contribution in [-0.2, 0) is 4.74 Å². The van der Waals surface area contributed by atoms with Crippen LogP contribution in [-0.4, -0.2) is 19.6 Å². The van der Waals surface area contributed by atoms with Gasteiger partial charge in [0.1, 0.15) is 18.2 Å². The lowest BCUT2D eigenvalue weighted by atomic mass is 10.1. The van der Waals surface area contributed by atoms with E-state index in [2.05, 4.69) is 36.6 Å². The summed E-state index contributed by atoms with van der Waals surface area (Å²) in [7, 11) is 0. The summed E-state index contributed by atoms with van der Waals surface area (Å²) in [6, 6.07) is 2.09. The Morgan fingerprint density at radius 3 is 2.44 bits per heavy atom. The van der Waals surface area contributed by atoms with Crippen molar-refractivity contribution >= 4 is 31.9 Å². The third-order valence-electron chi connectivity index (χ3n) is 2.14. The molecule has 0 saturated carbocycles. The molecular weight excluding hydrogens is 384 g/mol. The maximum Gasteiger partial charge on any atom is 0.261 e. The fourth-order valence-electron chi connectivity index (χ4n) is 1.29. The molecule has 0 aliphatic heterocycles. The van der Waals surface area contributed by atoms with E-state index in [0.717, 1.165) is 12.1 Å². The summed E-state index contributed by atoms with van der Waals surface area (Å²) in [4.78, 5) is -0.488. The van der Waals surface area contributed by atoms with Gasteiger partial charge in [0.2, 0.25) is 0 Å². The van der Waals surface area contributed by atoms with E-state index < -0.39 is 29.5 Å². The topological polar surface area (TPSA) is 9.23 Å². The van der Waals surface area contributed by atoms with Gasteiger partial charge in [0.25, 0.3) is 6.43 Å². The van der Waals surface area contributed by atoms with E-state index >= 15 is 0 Å². The van der Waals surface area contributed by atoms with Gasteiger partial charge in [-0.2, -0.15) is 0 Å². The van der Waals surface area contributed by atoms with Crippen molar-refractivity contribution < 1.29 is 22.3 Å². The van der Waals surface area contributed by atoms with E-state index in [9.17, 15) is 17.6 Å². The highest BCUT2D eigenvalue weighted by Gasteiger charge is 2.16. The van der Waals surface area contributed by atoms with Crippen LogP contribution in [0.2, 0.25) is 0 Å². The van der Waals surface area contributed by atoms with Gasteiger partial charge in [-0.3, -0.25) is 0 Å². The van der Waals surface area contributed by atoms with Crippen LogP contribution in [0.15, 0.2) is 16.6 Å². The monoisotopic (exact) mass is 392 g/mol. The summed E-state index contributed by atoms with van der Waals surface area (Å²) in [5.41, 5.74) is 0.136. The Hall–Kier alpha value is -0.140. The Bertz CT molecular complexity index is 401. The third-order valence-corrected chi connectivity index (χ3v) is 3.70. The fraction of sp³-hybridized carbons (Fsp3) is 0.455. The van der Waals surface area contributed by atoms with Crippen molar-refractivity contribution in [2.24, 2.45) is 0 Å². The molecule has 18 heavy (non-hydrogen) atoms. The van der Waals surface area contributed by atoms with Gasteiger partial charge in [0.05, 0.1) is 4.47 Å². The molecule has 1 aromatic rings. The molecule has 0 radical (unpaired) electrons. The summed E-state index contributed by atoms with van der Waals surface area (Å²) < 4.78 is 55.1. The second-order valence-corrected chi connectivity index (χ2v) is 5.47. The molecule has 0 heterocycles. The van der Waals surface area contributed by atoms with Gasteiger partial charge in [0, 0.05) is 17.0 Å². The first-order valence-corrected chi connectivity index (χ1v) is 6.77. The molecule has 0 aliphatic carbocycles. The van der Waals surface area contributed by atoms with Crippen molar-refractivity contribution in [1.29, 1.82) is 0 Å². The van der Waals surface area contributed by atoms with Crippen LogP contribution in [0, 0.1) is 11.6 Å². The van der Waals surface area contributed by atoms with Crippen LogP contribution < -0.4 is 0 Å². The Morgan fingerprint density at radius 1 is 1.17 bits per heavy atom. The Kier molecular flexibility index (Phi) is 6.59. The van der Waals surface area contributed by atoms with Gasteiger partial charge in [-0.05, 0) is 34.5 Å². The SMILES string of the molecule is Fc1cc(C(Br)CCOCC(F)F)c(F)cc1Br. The van der Waals surface area contributed by atoms with E-state index in [0.29, 0.717) is 0 Å². The summed E-state index contributed by atoms with van der Waals surface area (Å²) in [6.07, 6.45) is -2.26.